The Hall–Kier alpha value is -2.52. The number of hydrogen-bond donors (Lipinski definition) is 1. The lowest BCUT2D eigenvalue weighted by Gasteiger charge is -2.17. The standard InChI is InChI=1S/C16H17ClN2O4/c1-3-19(4-2)16(22)12(9-18)7-11-5-6-14(13(17)8-11)23-10-15(20)21/h5-8H,3-4,10H2,1-2H3,(H,20,21)/b12-7-. The highest BCUT2D eigenvalue weighted by molar-refractivity contribution is 6.32. The number of nitrogens with zero attached hydrogens (tertiary/aromatic N) is 2. The van der Waals surface area contributed by atoms with Crippen molar-refractivity contribution in [3.8, 4) is 11.8 Å². The van der Waals surface area contributed by atoms with E-state index in [0.717, 1.165) is 0 Å². The van der Waals surface area contributed by atoms with Crippen LogP contribution in [0.1, 0.15) is 19.4 Å². The molecule has 0 heterocycles. The van der Waals surface area contributed by atoms with Crippen LogP contribution in [-0.2, 0) is 9.59 Å². The molecular weight excluding hydrogens is 320 g/mol. The summed E-state index contributed by atoms with van der Waals surface area (Å²) in [7, 11) is 0. The van der Waals surface area contributed by atoms with Gasteiger partial charge in [0.1, 0.15) is 17.4 Å². The first-order chi connectivity index (χ1) is 10.9. The second kappa shape index (κ2) is 8.81. The highest BCUT2D eigenvalue weighted by atomic mass is 35.5. The molecule has 0 radical (unpaired) electrons. The number of aliphatic carboxylic acids is 1. The molecular formula is C16H17ClN2O4. The fourth-order valence-electron chi connectivity index (χ4n) is 1.85. The van der Waals surface area contributed by atoms with Crippen LogP contribution in [0.15, 0.2) is 23.8 Å². The Labute approximate surface area is 139 Å². The Morgan fingerprint density at radius 2 is 2.04 bits per heavy atom. The number of rotatable bonds is 7. The van der Waals surface area contributed by atoms with Gasteiger partial charge in [-0.2, -0.15) is 5.26 Å². The number of carboxylic acids is 1. The van der Waals surface area contributed by atoms with E-state index < -0.39 is 12.6 Å². The summed E-state index contributed by atoms with van der Waals surface area (Å²) < 4.78 is 5.01. The average molecular weight is 337 g/mol. The molecule has 0 aliphatic heterocycles. The largest absolute Gasteiger partial charge is 0.480 e. The van der Waals surface area contributed by atoms with Crippen molar-refractivity contribution < 1.29 is 19.4 Å². The molecule has 0 saturated heterocycles. The number of benzene rings is 1. The van der Waals surface area contributed by atoms with Crippen LogP contribution in [-0.4, -0.2) is 41.6 Å². The summed E-state index contributed by atoms with van der Waals surface area (Å²) in [4.78, 5) is 24.2. The van der Waals surface area contributed by atoms with E-state index in [1.807, 2.05) is 19.9 Å². The summed E-state index contributed by atoms with van der Waals surface area (Å²) in [5, 5.41) is 18.0. The normalized spacial score (nSPS) is 10.8. The van der Waals surface area contributed by atoms with Crippen LogP contribution >= 0.6 is 11.6 Å². The fraction of sp³-hybridized carbons (Fsp3) is 0.312. The van der Waals surface area contributed by atoms with Gasteiger partial charge in [0.15, 0.2) is 6.61 Å². The van der Waals surface area contributed by atoms with E-state index in [2.05, 4.69) is 0 Å². The van der Waals surface area contributed by atoms with Gasteiger partial charge in [-0.05, 0) is 37.6 Å². The zero-order chi connectivity index (χ0) is 17.4. The quantitative estimate of drug-likeness (QED) is 0.610. The molecule has 0 fully saturated rings. The minimum absolute atomic E-state index is 0.00368. The molecule has 0 aliphatic carbocycles. The zero-order valence-electron chi connectivity index (χ0n) is 12.9. The van der Waals surface area contributed by atoms with E-state index in [9.17, 15) is 14.9 Å². The third-order valence-corrected chi connectivity index (χ3v) is 3.31. The van der Waals surface area contributed by atoms with Gasteiger partial charge in [0.05, 0.1) is 5.02 Å². The van der Waals surface area contributed by atoms with E-state index in [1.165, 1.54) is 18.2 Å². The first-order valence-electron chi connectivity index (χ1n) is 6.98. The van der Waals surface area contributed by atoms with Crippen LogP contribution in [0.25, 0.3) is 6.08 Å². The maximum atomic E-state index is 12.2. The number of carboxylic acid groups (broad SMARTS) is 1. The van der Waals surface area contributed by atoms with Crippen molar-refractivity contribution in [3.05, 3.63) is 34.4 Å². The third kappa shape index (κ3) is 5.31. The summed E-state index contributed by atoms with van der Waals surface area (Å²) in [6.07, 6.45) is 1.44. The predicted molar refractivity (Wildman–Crippen MR) is 86.1 cm³/mol. The van der Waals surface area contributed by atoms with Gasteiger partial charge in [-0.25, -0.2) is 4.79 Å². The molecule has 0 aromatic heterocycles. The molecule has 1 N–H and O–H groups in total. The second-order valence-corrected chi connectivity index (χ2v) is 4.93. The van der Waals surface area contributed by atoms with E-state index in [-0.39, 0.29) is 22.3 Å². The molecule has 0 bridgehead atoms. The van der Waals surface area contributed by atoms with E-state index in [1.54, 1.807) is 11.0 Å². The summed E-state index contributed by atoms with van der Waals surface area (Å²) in [6.45, 7) is 4.19. The van der Waals surface area contributed by atoms with Crippen molar-refractivity contribution in [3.63, 3.8) is 0 Å². The fourth-order valence-corrected chi connectivity index (χ4v) is 2.10. The van der Waals surface area contributed by atoms with Crippen LogP contribution < -0.4 is 4.74 Å². The maximum absolute atomic E-state index is 12.2. The lowest BCUT2D eigenvalue weighted by molar-refractivity contribution is -0.139. The van der Waals surface area contributed by atoms with Crippen LogP contribution in [0.2, 0.25) is 5.02 Å². The van der Waals surface area contributed by atoms with Gasteiger partial charge in [0, 0.05) is 13.1 Å². The van der Waals surface area contributed by atoms with Gasteiger partial charge in [0.25, 0.3) is 5.91 Å². The Kier molecular flexibility index (Phi) is 7.10. The molecule has 0 spiro atoms. The topological polar surface area (TPSA) is 90.6 Å². The van der Waals surface area contributed by atoms with Gasteiger partial charge in [-0.15, -0.1) is 0 Å². The Balaban J connectivity index is 3.02. The lowest BCUT2D eigenvalue weighted by atomic mass is 10.1. The summed E-state index contributed by atoms with van der Waals surface area (Å²) in [5.41, 5.74) is 0.554. The number of carbonyl (C=O) groups is 2. The molecule has 1 aromatic rings. The molecule has 23 heavy (non-hydrogen) atoms. The van der Waals surface area contributed by atoms with Crippen LogP contribution in [0.5, 0.6) is 5.75 Å². The van der Waals surface area contributed by atoms with Crippen molar-refractivity contribution in [1.82, 2.24) is 4.90 Å². The molecule has 1 amide bonds. The van der Waals surface area contributed by atoms with Gasteiger partial charge in [0.2, 0.25) is 0 Å². The minimum Gasteiger partial charge on any atom is -0.480 e. The Morgan fingerprint density at radius 3 is 2.52 bits per heavy atom. The predicted octanol–water partition coefficient (Wildman–Crippen LogP) is 2.58. The Morgan fingerprint density at radius 1 is 1.39 bits per heavy atom. The van der Waals surface area contributed by atoms with E-state index >= 15 is 0 Å². The molecule has 6 nitrogen and oxygen atoms in total. The molecule has 0 aliphatic rings. The zero-order valence-corrected chi connectivity index (χ0v) is 13.6. The summed E-state index contributed by atoms with van der Waals surface area (Å²) in [6, 6.07) is 6.48. The average Bonchev–Trinajstić information content (AvgIpc) is 2.52. The first kappa shape index (κ1) is 18.5. The van der Waals surface area contributed by atoms with E-state index in [0.29, 0.717) is 18.7 Å². The van der Waals surface area contributed by atoms with Crippen LogP contribution in [0, 0.1) is 11.3 Å². The minimum atomic E-state index is -1.11. The lowest BCUT2D eigenvalue weighted by Crippen LogP contribution is -2.31. The first-order valence-corrected chi connectivity index (χ1v) is 7.35. The number of carbonyl (C=O) groups excluding carboxylic acids is 1. The smallest absolute Gasteiger partial charge is 0.341 e. The highest BCUT2D eigenvalue weighted by Crippen LogP contribution is 2.26. The molecule has 1 aromatic carbocycles. The van der Waals surface area contributed by atoms with Crippen molar-refractivity contribution >= 4 is 29.6 Å². The number of nitriles is 1. The molecule has 0 unspecified atom stereocenters. The highest BCUT2D eigenvalue weighted by Gasteiger charge is 2.15. The number of amides is 1. The van der Waals surface area contributed by atoms with Gasteiger partial charge in [-0.3, -0.25) is 4.79 Å². The molecule has 7 heteroatoms. The number of hydrogen-bond acceptors (Lipinski definition) is 4. The maximum Gasteiger partial charge on any atom is 0.341 e. The summed E-state index contributed by atoms with van der Waals surface area (Å²) >= 11 is 6.01. The van der Waals surface area contributed by atoms with Crippen molar-refractivity contribution in [1.29, 1.82) is 5.26 Å². The van der Waals surface area contributed by atoms with Crippen molar-refractivity contribution in [2.24, 2.45) is 0 Å². The number of halogens is 1. The summed E-state index contributed by atoms with van der Waals surface area (Å²) in [5.74, 6) is -1.23. The molecule has 122 valence electrons. The molecule has 1 rings (SSSR count). The van der Waals surface area contributed by atoms with Crippen molar-refractivity contribution in [2.75, 3.05) is 19.7 Å². The monoisotopic (exact) mass is 336 g/mol. The van der Waals surface area contributed by atoms with Crippen molar-refractivity contribution in [2.45, 2.75) is 13.8 Å². The number of ether oxygens (including phenoxy) is 1. The van der Waals surface area contributed by atoms with Crippen LogP contribution in [0.4, 0.5) is 0 Å². The third-order valence-electron chi connectivity index (χ3n) is 3.02. The van der Waals surface area contributed by atoms with Crippen LogP contribution in [0.3, 0.4) is 0 Å². The second-order valence-electron chi connectivity index (χ2n) is 4.52. The Bertz CT molecular complexity index is 661. The van der Waals surface area contributed by atoms with E-state index in [4.69, 9.17) is 21.4 Å². The van der Waals surface area contributed by atoms with Gasteiger partial charge in [-0.1, -0.05) is 17.7 Å². The number of likely N-dealkylation sites (N-methyl/N-ethyl adjacent to an activating group) is 1. The van der Waals surface area contributed by atoms with Gasteiger partial charge >= 0.3 is 5.97 Å². The SMILES string of the molecule is CCN(CC)C(=O)/C(C#N)=C\c1ccc(OCC(=O)O)c(Cl)c1. The van der Waals surface area contributed by atoms with Gasteiger partial charge < -0.3 is 14.7 Å². The molecule has 0 saturated carbocycles. The molecule has 0 atom stereocenters.